The third-order valence-electron chi connectivity index (χ3n) is 1.70. The van der Waals surface area contributed by atoms with E-state index in [2.05, 4.69) is 4.74 Å². The molecule has 0 amide bonds. The molecule has 0 fully saturated rings. The normalized spacial score (nSPS) is 17.2. The Hall–Kier alpha value is -0.500. The first-order valence-corrected chi connectivity index (χ1v) is 4.54. The van der Waals surface area contributed by atoms with Crippen molar-refractivity contribution in [3.8, 4) is 0 Å². The quantitative estimate of drug-likeness (QED) is 0.603. The summed E-state index contributed by atoms with van der Waals surface area (Å²) in [5.41, 5.74) is 5.02. The van der Waals surface area contributed by atoms with Crippen molar-refractivity contribution in [2.45, 2.75) is 44.3 Å². The summed E-state index contributed by atoms with van der Waals surface area (Å²) in [6.07, 6.45) is -12.9. The highest BCUT2D eigenvalue weighted by molar-refractivity contribution is 4.76. The van der Waals surface area contributed by atoms with E-state index >= 15 is 0 Å². The van der Waals surface area contributed by atoms with Crippen molar-refractivity contribution < 1.29 is 31.1 Å². The Morgan fingerprint density at radius 2 is 1.62 bits per heavy atom. The number of rotatable bonds is 5. The van der Waals surface area contributed by atoms with E-state index < -0.39 is 43.9 Å². The van der Waals surface area contributed by atoms with Gasteiger partial charge < -0.3 is 10.5 Å². The van der Waals surface area contributed by atoms with Crippen molar-refractivity contribution >= 4 is 0 Å². The van der Waals surface area contributed by atoms with Crippen LogP contribution in [0.5, 0.6) is 0 Å². The fourth-order valence-corrected chi connectivity index (χ4v) is 1.03. The predicted molar refractivity (Wildman–Crippen MR) is 44.7 cm³/mol. The smallest absolute Gasteiger partial charge is 0.367 e. The van der Waals surface area contributed by atoms with Crippen LogP contribution in [0.15, 0.2) is 0 Å². The molecule has 0 radical (unpaired) electrons. The lowest BCUT2D eigenvalue weighted by Crippen LogP contribution is -2.45. The van der Waals surface area contributed by atoms with Gasteiger partial charge >= 0.3 is 12.4 Å². The van der Waals surface area contributed by atoms with Gasteiger partial charge in [0.1, 0.15) is 0 Å². The predicted octanol–water partition coefficient (Wildman–Crippen LogP) is 2.62. The average molecular weight is 253 g/mol. The number of alkyl halides is 6. The van der Waals surface area contributed by atoms with Crippen LogP contribution in [0.25, 0.3) is 0 Å². The molecule has 0 heterocycles. The molecule has 16 heavy (non-hydrogen) atoms. The molecule has 2 N–H and O–H groups in total. The summed E-state index contributed by atoms with van der Waals surface area (Å²) < 4.78 is 75.9. The van der Waals surface area contributed by atoms with Crippen LogP contribution in [0.3, 0.4) is 0 Å². The zero-order chi connectivity index (χ0) is 13.0. The monoisotopic (exact) mass is 253 g/mol. The van der Waals surface area contributed by atoms with Crippen LogP contribution < -0.4 is 5.73 Å². The van der Waals surface area contributed by atoms with Crippen molar-refractivity contribution in [1.82, 2.24) is 0 Å². The van der Waals surface area contributed by atoms with Gasteiger partial charge in [-0.1, -0.05) is 0 Å². The number of nitrogens with two attached hydrogens (primary N) is 1. The Balaban J connectivity index is 3.97. The fourth-order valence-electron chi connectivity index (χ4n) is 1.03. The minimum absolute atomic E-state index is 0.511. The molecule has 0 rings (SSSR count). The van der Waals surface area contributed by atoms with Gasteiger partial charge in [-0.15, -0.1) is 0 Å². The van der Waals surface area contributed by atoms with E-state index in [1.54, 1.807) is 0 Å². The van der Waals surface area contributed by atoms with Gasteiger partial charge in [0.25, 0.3) is 0 Å². The summed E-state index contributed by atoms with van der Waals surface area (Å²) in [4.78, 5) is 0. The number of ether oxygens (including phenoxy) is 1. The lowest BCUT2D eigenvalue weighted by Gasteiger charge is -2.23. The van der Waals surface area contributed by atoms with Crippen LogP contribution in [-0.2, 0) is 4.74 Å². The van der Waals surface area contributed by atoms with Crippen molar-refractivity contribution in [3.05, 3.63) is 0 Å². The van der Waals surface area contributed by atoms with Gasteiger partial charge in [-0.25, -0.2) is 0 Å². The molecule has 2 unspecified atom stereocenters. The molecule has 0 spiro atoms. The maximum absolute atomic E-state index is 12.2. The molecular weight excluding hydrogens is 240 g/mol. The zero-order valence-corrected chi connectivity index (χ0v) is 8.53. The maximum atomic E-state index is 12.2. The third kappa shape index (κ3) is 6.89. The molecule has 0 aromatic rings. The van der Waals surface area contributed by atoms with Crippen LogP contribution in [-0.4, -0.2) is 31.1 Å². The largest absolute Gasteiger partial charge is 0.416 e. The van der Waals surface area contributed by atoms with Gasteiger partial charge in [-0.3, -0.25) is 0 Å². The number of halogens is 6. The number of hydrogen-bond donors (Lipinski definition) is 1. The highest BCUT2D eigenvalue weighted by atomic mass is 19.4. The molecule has 0 saturated heterocycles. The minimum Gasteiger partial charge on any atom is -0.367 e. The summed E-state index contributed by atoms with van der Waals surface area (Å²) in [7, 11) is 0. The van der Waals surface area contributed by atoms with Crippen molar-refractivity contribution in [2.24, 2.45) is 5.73 Å². The molecule has 0 saturated carbocycles. The number of hydrogen-bond acceptors (Lipinski definition) is 2. The molecule has 8 heteroatoms. The van der Waals surface area contributed by atoms with Gasteiger partial charge in [0.2, 0.25) is 0 Å². The van der Waals surface area contributed by atoms with Crippen molar-refractivity contribution in [3.63, 3.8) is 0 Å². The summed E-state index contributed by atoms with van der Waals surface area (Å²) in [6, 6.07) is -1.31. The van der Waals surface area contributed by atoms with E-state index in [4.69, 9.17) is 5.73 Å². The first kappa shape index (κ1) is 15.5. The van der Waals surface area contributed by atoms with Crippen LogP contribution in [0.4, 0.5) is 26.3 Å². The van der Waals surface area contributed by atoms with E-state index in [0.29, 0.717) is 0 Å². The second kappa shape index (κ2) is 5.72. The standard InChI is InChI=1S/C8H13F6NO/c1-5(15)6(8(12,13)14)16-4-2-3-7(9,10)11/h5-6H,2-4,15H2,1H3. The topological polar surface area (TPSA) is 35.2 Å². The molecule has 0 aromatic carbocycles. The molecule has 2 atom stereocenters. The molecular formula is C8H13F6NO. The summed E-state index contributed by atoms with van der Waals surface area (Å²) in [5, 5.41) is 0. The molecule has 0 aliphatic carbocycles. The Kier molecular flexibility index (Phi) is 5.54. The van der Waals surface area contributed by atoms with Crippen LogP contribution in [0.1, 0.15) is 19.8 Å². The highest BCUT2D eigenvalue weighted by Crippen LogP contribution is 2.26. The second-order valence-corrected chi connectivity index (χ2v) is 3.41. The van der Waals surface area contributed by atoms with Gasteiger partial charge in [-0.2, -0.15) is 26.3 Å². The van der Waals surface area contributed by atoms with Crippen molar-refractivity contribution in [1.29, 1.82) is 0 Å². The van der Waals surface area contributed by atoms with E-state index in [9.17, 15) is 26.3 Å². The Morgan fingerprint density at radius 3 is 1.94 bits per heavy atom. The summed E-state index contributed by atoms with van der Waals surface area (Å²) >= 11 is 0. The first-order valence-electron chi connectivity index (χ1n) is 4.54. The zero-order valence-electron chi connectivity index (χ0n) is 8.53. The fraction of sp³-hybridized carbons (Fsp3) is 1.00. The van der Waals surface area contributed by atoms with Gasteiger partial charge in [0.05, 0.1) is 0 Å². The van der Waals surface area contributed by atoms with Gasteiger partial charge in [0, 0.05) is 19.1 Å². The minimum atomic E-state index is -4.66. The molecule has 0 aliphatic heterocycles. The van der Waals surface area contributed by atoms with E-state index in [0.717, 1.165) is 6.92 Å². The van der Waals surface area contributed by atoms with Crippen LogP contribution >= 0.6 is 0 Å². The molecule has 98 valence electrons. The Labute approximate surface area is 88.7 Å². The Bertz CT molecular complexity index is 200. The third-order valence-corrected chi connectivity index (χ3v) is 1.70. The molecule has 0 aromatic heterocycles. The van der Waals surface area contributed by atoms with Gasteiger partial charge in [-0.05, 0) is 13.3 Å². The van der Waals surface area contributed by atoms with E-state index in [1.807, 2.05) is 0 Å². The van der Waals surface area contributed by atoms with Crippen LogP contribution in [0, 0.1) is 0 Å². The second-order valence-electron chi connectivity index (χ2n) is 3.41. The highest BCUT2D eigenvalue weighted by Gasteiger charge is 2.43. The van der Waals surface area contributed by atoms with E-state index in [-0.39, 0.29) is 0 Å². The van der Waals surface area contributed by atoms with Crippen LogP contribution in [0.2, 0.25) is 0 Å². The lowest BCUT2D eigenvalue weighted by atomic mass is 10.2. The van der Waals surface area contributed by atoms with Gasteiger partial charge in [0.15, 0.2) is 6.10 Å². The summed E-state index contributed by atoms with van der Waals surface area (Å²) in [6.45, 7) is 0.465. The average Bonchev–Trinajstić information content (AvgIpc) is 1.97. The lowest BCUT2D eigenvalue weighted by molar-refractivity contribution is -0.226. The van der Waals surface area contributed by atoms with Crippen molar-refractivity contribution in [2.75, 3.05) is 6.61 Å². The molecule has 0 aliphatic rings. The Morgan fingerprint density at radius 1 is 1.12 bits per heavy atom. The summed E-state index contributed by atoms with van der Waals surface area (Å²) in [5.74, 6) is 0. The molecule has 0 bridgehead atoms. The maximum Gasteiger partial charge on any atom is 0.416 e. The first-order chi connectivity index (χ1) is 7.04. The SMILES string of the molecule is CC(N)C(OCCCC(F)(F)F)C(F)(F)F. The van der Waals surface area contributed by atoms with E-state index in [1.165, 1.54) is 0 Å². The molecule has 2 nitrogen and oxygen atoms in total.